The Morgan fingerprint density at radius 2 is 0.826 bits per heavy atom. The highest BCUT2D eigenvalue weighted by Crippen LogP contribution is 1.95. The van der Waals surface area contributed by atoms with Gasteiger partial charge in [0.05, 0.1) is 0 Å². The molecule has 0 atom stereocenters. The molecule has 0 N–H and O–H groups in total. The van der Waals surface area contributed by atoms with Crippen LogP contribution >= 0.6 is 0 Å². The fourth-order valence-corrected chi connectivity index (χ4v) is 1.81. The van der Waals surface area contributed by atoms with Crippen molar-refractivity contribution in [2.45, 2.75) is 65.2 Å². The van der Waals surface area contributed by atoms with E-state index in [0.717, 1.165) is 78.2 Å². The van der Waals surface area contributed by atoms with Crippen molar-refractivity contribution in [1.82, 2.24) is 5.32 Å². The average molecular weight is 333 g/mol. The van der Waals surface area contributed by atoms with E-state index < -0.39 is 0 Å². The molecule has 5 nitrogen and oxygen atoms in total. The first-order chi connectivity index (χ1) is 11.4. The second-order valence-electron chi connectivity index (χ2n) is 5.64. The Bertz CT molecular complexity index is 185. The van der Waals surface area contributed by atoms with Crippen LogP contribution in [-0.2, 0) is 18.9 Å². The van der Waals surface area contributed by atoms with Gasteiger partial charge >= 0.3 is 0 Å². The molecule has 5 heteroatoms. The van der Waals surface area contributed by atoms with E-state index in [9.17, 15) is 0 Å². The van der Waals surface area contributed by atoms with Gasteiger partial charge in [-0.1, -0.05) is 26.7 Å². The number of ether oxygens (including phenoxy) is 4. The Balaban J connectivity index is 2.92. The van der Waals surface area contributed by atoms with E-state index in [1.165, 1.54) is 12.8 Å². The minimum atomic E-state index is 0.427. The van der Waals surface area contributed by atoms with E-state index in [-0.39, 0.29) is 0 Å². The average Bonchev–Trinajstić information content (AvgIpc) is 2.57. The first kappa shape index (κ1) is 22.8. The van der Waals surface area contributed by atoms with Gasteiger partial charge < -0.3 is 18.9 Å². The molecular weight excluding hydrogens is 294 g/mol. The highest BCUT2D eigenvalue weighted by atomic mass is 16.5. The molecule has 0 aliphatic rings. The van der Waals surface area contributed by atoms with Gasteiger partial charge in [0, 0.05) is 39.6 Å². The third-order valence-corrected chi connectivity index (χ3v) is 3.30. The van der Waals surface area contributed by atoms with E-state index in [4.69, 9.17) is 18.9 Å². The molecule has 1 radical (unpaired) electrons. The molecule has 0 saturated heterocycles. The molecule has 0 fully saturated rings. The van der Waals surface area contributed by atoms with Gasteiger partial charge in [-0.15, -0.1) is 0 Å². The van der Waals surface area contributed by atoms with Crippen LogP contribution in [0.2, 0.25) is 0 Å². The first-order valence-corrected chi connectivity index (χ1v) is 9.36. The highest BCUT2D eigenvalue weighted by molar-refractivity contribution is 4.41. The van der Waals surface area contributed by atoms with Crippen molar-refractivity contribution >= 4 is 0 Å². The maximum atomic E-state index is 5.49. The van der Waals surface area contributed by atoms with E-state index in [1.807, 2.05) is 0 Å². The molecule has 0 spiro atoms. The summed E-state index contributed by atoms with van der Waals surface area (Å²) < 4.78 is 21.8. The summed E-state index contributed by atoms with van der Waals surface area (Å²) in [4.78, 5) is 0. The lowest BCUT2D eigenvalue weighted by Gasteiger charge is -2.07. The summed E-state index contributed by atoms with van der Waals surface area (Å²) in [5.74, 6) is 0. The predicted octanol–water partition coefficient (Wildman–Crippen LogP) is 3.73. The molecule has 0 aliphatic heterocycles. The molecule has 0 aromatic carbocycles. The number of hydrogen-bond donors (Lipinski definition) is 0. The van der Waals surface area contributed by atoms with E-state index in [0.29, 0.717) is 13.5 Å². The lowest BCUT2D eigenvalue weighted by Crippen LogP contribution is -2.15. The van der Waals surface area contributed by atoms with Crippen LogP contribution in [0.4, 0.5) is 0 Å². The molecule has 0 saturated carbocycles. The Morgan fingerprint density at radius 3 is 1.22 bits per heavy atom. The van der Waals surface area contributed by atoms with Crippen LogP contribution in [0.25, 0.3) is 0 Å². The molecule has 0 rings (SSSR count). The minimum Gasteiger partial charge on any atom is -0.381 e. The molecule has 0 bridgehead atoms. The quantitative estimate of drug-likeness (QED) is 0.319. The molecular formula is C18H38NO4. The maximum Gasteiger partial charge on any atom is 0.115 e. The van der Waals surface area contributed by atoms with Gasteiger partial charge in [-0.25, -0.2) is 0 Å². The third kappa shape index (κ3) is 21.8. The number of rotatable bonds is 20. The zero-order valence-corrected chi connectivity index (χ0v) is 15.4. The van der Waals surface area contributed by atoms with Crippen molar-refractivity contribution in [3.05, 3.63) is 0 Å². The van der Waals surface area contributed by atoms with Crippen molar-refractivity contribution in [1.29, 1.82) is 0 Å². The van der Waals surface area contributed by atoms with Crippen molar-refractivity contribution in [2.75, 3.05) is 53.1 Å². The molecule has 0 unspecified atom stereocenters. The third-order valence-electron chi connectivity index (χ3n) is 3.30. The summed E-state index contributed by atoms with van der Waals surface area (Å²) in [6.07, 6.45) is 8.86. The summed E-state index contributed by atoms with van der Waals surface area (Å²) in [7, 11) is 0. The molecule has 23 heavy (non-hydrogen) atoms. The lowest BCUT2D eigenvalue weighted by molar-refractivity contribution is 0.0470. The number of hydrogen-bond acceptors (Lipinski definition) is 4. The maximum absolute atomic E-state index is 5.49. The van der Waals surface area contributed by atoms with Gasteiger partial charge in [0.25, 0.3) is 0 Å². The fraction of sp³-hybridized carbons (Fsp3) is 1.00. The summed E-state index contributed by atoms with van der Waals surface area (Å²) in [5, 5.41) is 4.18. The van der Waals surface area contributed by atoms with Gasteiger partial charge in [0.2, 0.25) is 0 Å². The largest absolute Gasteiger partial charge is 0.381 e. The first-order valence-electron chi connectivity index (χ1n) is 9.36. The molecule has 0 heterocycles. The molecule has 139 valence electrons. The van der Waals surface area contributed by atoms with E-state index >= 15 is 0 Å². The van der Waals surface area contributed by atoms with Gasteiger partial charge in [-0.05, 0) is 38.5 Å². The van der Waals surface area contributed by atoms with Crippen molar-refractivity contribution in [3.8, 4) is 0 Å². The Morgan fingerprint density at radius 1 is 0.478 bits per heavy atom. The van der Waals surface area contributed by atoms with Crippen LogP contribution in [0.5, 0.6) is 0 Å². The van der Waals surface area contributed by atoms with Crippen molar-refractivity contribution in [2.24, 2.45) is 0 Å². The van der Waals surface area contributed by atoms with Gasteiger partial charge in [0.15, 0.2) is 0 Å². The van der Waals surface area contributed by atoms with Gasteiger partial charge in [-0.2, -0.15) is 5.32 Å². The standard InChI is InChI=1S/C18H38NO4/c1-3-5-11-20-13-7-9-15-22-17-19-18-23-16-10-8-14-21-12-6-4-2/h3-18H2,1-2H3. The summed E-state index contributed by atoms with van der Waals surface area (Å²) in [6.45, 7) is 10.1. The Hall–Kier alpha value is -0.200. The summed E-state index contributed by atoms with van der Waals surface area (Å²) in [6, 6.07) is 0. The highest BCUT2D eigenvalue weighted by Gasteiger charge is 1.94. The van der Waals surface area contributed by atoms with Crippen LogP contribution in [0.3, 0.4) is 0 Å². The number of nitrogens with zero attached hydrogens (tertiary/aromatic N) is 1. The monoisotopic (exact) mass is 332 g/mol. The fourth-order valence-electron chi connectivity index (χ4n) is 1.81. The predicted molar refractivity (Wildman–Crippen MR) is 93.7 cm³/mol. The van der Waals surface area contributed by atoms with Crippen LogP contribution in [0.1, 0.15) is 65.2 Å². The topological polar surface area (TPSA) is 51.0 Å². The Kier molecular flexibility index (Phi) is 21.6. The van der Waals surface area contributed by atoms with Crippen molar-refractivity contribution in [3.63, 3.8) is 0 Å². The summed E-state index contributed by atoms with van der Waals surface area (Å²) >= 11 is 0. The van der Waals surface area contributed by atoms with Gasteiger partial charge in [0.1, 0.15) is 13.5 Å². The molecule has 0 aromatic rings. The van der Waals surface area contributed by atoms with Crippen LogP contribution in [-0.4, -0.2) is 53.1 Å². The summed E-state index contributed by atoms with van der Waals surface area (Å²) in [5.41, 5.74) is 0. The van der Waals surface area contributed by atoms with E-state index in [1.54, 1.807) is 0 Å². The second-order valence-corrected chi connectivity index (χ2v) is 5.64. The van der Waals surface area contributed by atoms with Gasteiger partial charge in [-0.3, -0.25) is 0 Å². The molecule has 0 aromatic heterocycles. The normalized spacial score (nSPS) is 11.2. The number of unbranched alkanes of at least 4 members (excludes halogenated alkanes) is 4. The van der Waals surface area contributed by atoms with Crippen LogP contribution in [0, 0.1) is 0 Å². The van der Waals surface area contributed by atoms with E-state index in [2.05, 4.69) is 19.2 Å². The van der Waals surface area contributed by atoms with Crippen molar-refractivity contribution < 1.29 is 18.9 Å². The zero-order valence-electron chi connectivity index (χ0n) is 15.4. The smallest absolute Gasteiger partial charge is 0.115 e. The molecule has 0 aliphatic carbocycles. The lowest BCUT2D eigenvalue weighted by atomic mass is 10.3. The van der Waals surface area contributed by atoms with Crippen LogP contribution < -0.4 is 5.32 Å². The zero-order chi connectivity index (χ0) is 16.8. The SMILES string of the molecule is CCCCOCCCCOC[N]COCCCCOCCCC. The van der Waals surface area contributed by atoms with Crippen LogP contribution in [0.15, 0.2) is 0 Å². The molecule has 0 amide bonds. The minimum absolute atomic E-state index is 0.427. The second kappa shape index (κ2) is 21.8. The Labute approximate surface area is 143 Å².